The third-order valence-corrected chi connectivity index (χ3v) is 4.86. The second-order valence-corrected chi connectivity index (χ2v) is 6.83. The number of hydrogen-bond acceptors (Lipinski definition) is 5. The van der Waals surface area contributed by atoms with Crippen LogP contribution in [0.15, 0.2) is 12.4 Å². The van der Waals surface area contributed by atoms with Gasteiger partial charge >= 0.3 is 13.1 Å². The number of hydrogen-bond donors (Lipinski definition) is 0. The highest BCUT2D eigenvalue weighted by atomic mass is 16.7. The molecule has 1 saturated heterocycles. The van der Waals surface area contributed by atoms with Gasteiger partial charge in [-0.05, 0) is 40.5 Å². The Balaban J connectivity index is 1.83. The molecule has 0 aromatic carbocycles. The zero-order valence-electron chi connectivity index (χ0n) is 13.2. The van der Waals surface area contributed by atoms with Gasteiger partial charge in [0.15, 0.2) is 5.54 Å². The molecule has 0 spiro atoms. The number of carbonyl (C=O) groups is 1. The van der Waals surface area contributed by atoms with Gasteiger partial charge in [0.05, 0.1) is 18.3 Å². The van der Waals surface area contributed by atoms with Gasteiger partial charge in [0.1, 0.15) is 0 Å². The highest BCUT2D eigenvalue weighted by Crippen LogP contribution is 2.44. The van der Waals surface area contributed by atoms with Gasteiger partial charge in [0.2, 0.25) is 0 Å². The average molecular weight is 292 g/mol. The van der Waals surface area contributed by atoms with Crippen LogP contribution >= 0.6 is 0 Å². The van der Waals surface area contributed by atoms with Crippen LogP contribution in [0.4, 0.5) is 0 Å². The molecule has 0 N–H and O–H groups in total. The van der Waals surface area contributed by atoms with Crippen LogP contribution in [0.25, 0.3) is 0 Å². The third kappa shape index (κ3) is 2.10. The lowest BCUT2D eigenvalue weighted by Crippen LogP contribution is -2.41. The van der Waals surface area contributed by atoms with E-state index in [4.69, 9.17) is 14.0 Å². The highest BCUT2D eigenvalue weighted by Gasteiger charge is 2.55. The summed E-state index contributed by atoms with van der Waals surface area (Å²) in [5.74, 6) is -0.244. The van der Waals surface area contributed by atoms with E-state index in [0.717, 1.165) is 18.3 Å². The third-order valence-electron chi connectivity index (χ3n) is 4.86. The second-order valence-electron chi connectivity index (χ2n) is 6.83. The Morgan fingerprint density at radius 2 is 1.86 bits per heavy atom. The van der Waals surface area contributed by atoms with E-state index in [-0.39, 0.29) is 17.2 Å². The maximum atomic E-state index is 11.9. The van der Waals surface area contributed by atoms with Gasteiger partial charge in [0.25, 0.3) is 0 Å². The van der Waals surface area contributed by atoms with Crippen LogP contribution in [0.3, 0.4) is 0 Å². The van der Waals surface area contributed by atoms with Crippen molar-refractivity contribution in [3.8, 4) is 0 Å². The number of aromatic nitrogens is 2. The monoisotopic (exact) mass is 292 g/mol. The maximum Gasteiger partial charge on any atom is 0.498 e. The van der Waals surface area contributed by atoms with Crippen LogP contribution in [0.2, 0.25) is 0 Å². The predicted octanol–water partition coefficient (Wildman–Crippen LogP) is 0.844. The fourth-order valence-electron chi connectivity index (χ4n) is 2.51. The molecule has 1 aromatic rings. The normalized spacial score (nSPS) is 24.9. The highest BCUT2D eigenvalue weighted by molar-refractivity contribution is 6.62. The van der Waals surface area contributed by atoms with Crippen molar-refractivity contribution in [2.45, 2.75) is 57.3 Å². The summed E-state index contributed by atoms with van der Waals surface area (Å²) >= 11 is 0. The van der Waals surface area contributed by atoms with Gasteiger partial charge in [-0.25, -0.2) is 4.79 Å². The zero-order valence-corrected chi connectivity index (χ0v) is 13.2. The second kappa shape index (κ2) is 4.33. The first kappa shape index (κ1) is 14.6. The van der Waals surface area contributed by atoms with Crippen molar-refractivity contribution in [1.29, 1.82) is 0 Å². The first-order valence-corrected chi connectivity index (χ1v) is 7.21. The summed E-state index contributed by atoms with van der Waals surface area (Å²) in [6.07, 6.45) is 5.03. The van der Waals surface area contributed by atoms with E-state index in [0.29, 0.717) is 0 Å². The molecule has 2 fully saturated rings. The van der Waals surface area contributed by atoms with Gasteiger partial charge in [-0.1, -0.05) is 0 Å². The van der Waals surface area contributed by atoms with E-state index in [1.807, 2.05) is 33.9 Å². The molecule has 0 atom stereocenters. The standard InChI is InChI=1S/C14H21BN2O4/c1-12(2)13(3,4)21-15(20-12)10-8-16-17(9-10)14(6-7-14)11(18)19-5/h8-9H,6-7H2,1-5H3. The summed E-state index contributed by atoms with van der Waals surface area (Å²) < 4.78 is 18.5. The molecule has 1 aliphatic carbocycles. The SMILES string of the molecule is COC(=O)C1(n2cc(B3OC(C)(C)C(C)(C)O3)cn2)CC1. The van der Waals surface area contributed by atoms with Crippen LogP contribution < -0.4 is 5.46 Å². The summed E-state index contributed by atoms with van der Waals surface area (Å²) in [6, 6.07) is 0. The lowest BCUT2D eigenvalue weighted by molar-refractivity contribution is -0.146. The van der Waals surface area contributed by atoms with E-state index in [1.165, 1.54) is 7.11 Å². The molecule has 6 nitrogen and oxygen atoms in total. The minimum Gasteiger partial charge on any atom is -0.467 e. The number of carbonyl (C=O) groups excluding carboxylic acids is 1. The van der Waals surface area contributed by atoms with Gasteiger partial charge in [-0.3, -0.25) is 4.68 Å². The lowest BCUT2D eigenvalue weighted by Gasteiger charge is -2.32. The number of nitrogens with zero attached hydrogens (tertiary/aromatic N) is 2. The number of methoxy groups -OCH3 is 1. The fraction of sp³-hybridized carbons (Fsp3) is 0.714. The Hall–Kier alpha value is -1.34. The van der Waals surface area contributed by atoms with Crippen LogP contribution in [0, 0.1) is 0 Å². The Morgan fingerprint density at radius 1 is 1.29 bits per heavy atom. The molecule has 1 saturated carbocycles. The van der Waals surface area contributed by atoms with Crippen LogP contribution in [-0.2, 0) is 24.4 Å². The molecule has 1 aromatic heterocycles. The van der Waals surface area contributed by atoms with Crippen molar-refractivity contribution in [2.24, 2.45) is 0 Å². The number of rotatable bonds is 3. The molecule has 3 rings (SSSR count). The fourth-order valence-corrected chi connectivity index (χ4v) is 2.51. The van der Waals surface area contributed by atoms with E-state index < -0.39 is 12.7 Å². The Bertz CT molecular complexity index is 561. The summed E-state index contributed by atoms with van der Waals surface area (Å²) in [7, 11) is 0.943. The first-order valence-electron chi connectivity index (χ1n) is 7.21. The number of ether oxygens (including phenoxy) is 1. The topological polar surface area (TPSA) is 62.6 Å². The minimum atomic E-state index is -0.628. The summed E-state index contributed by atoms with van der Waals surface area (Å²) in [5.41, 5.74) is -0.584. The van der Waals surface area contributed by atoms with Crippen molar-refractivity contribution in [3.05, 3.63) is 12.4 Å². The van der Waals surface area contributed by atoms with E-state index in [9.17, 15) is 4.79 Å². The minimum absolute atomic E-state index is 0.244. The van der Waals surface area contributed by atoms with Crippen LogP contribution in [0.1, 0.15) is 40.5 Å². The molecular weight excluding hydrogens is 271 g/mol. The lowest BCUT2D eigenvalue weighted by atomic mass is 9.82. The molecule has 0 amide bonds. The Kier molecular flexibility index (Phi) is 3.01. The molecule has 1 aliphatic heterocycles. The largest absolute Gasteiger partial charge is 0.498 e. The van der Waals surface area contributed by atoms with Gasteiger partial charge in [0, 0.05) is 17.9 Å². The summed E-state index contributed by atoms with van der Waals surface area (Å²) in [5, 5.41) is 4.32. The average Bonchev–Trinajstić information content (AvgIpc) is 2.99. The maximum absolute atomic E-state index is 11.9. The summed E-state index contributed by atoms with van der Waals surface area (Å²) in [6.45, 7) is 8.03. The van der Waals surface area contributed by atoms with Gasteiger partial charge in [-0.2, -0.15) is 5.10 Å². The zero-order chi connectivity index (χ0) is 15.5. The van der Waals surface area contributed by atoms with Gasteiger partial charge < -0.3 is 14.0 Å². The predicted molar refractivity (Wildman–Crippen MR) is 77.2 cm³/mol. The van der Waals surface area contributed by atoms with Crippen molar-refractivity contribution in [2.75, 3.05) is 7.11 Å². The molecule has 114 valence electrons. The Morgan fingerprint density at radius 3 is 2.33 bits per heavy atom. The quantitative estimate of drug-likeness (QED) is 0.610. The first-order chi connectivity index (χ1) is 9.72. The van der Waals surface area contributed by atoms with Crippen molar-refractivity contribution < 1.29 is 18.8 Å². The van der Waals surface area contributed by atoms with Crippen LogP contribution in [-0.4, -0.2) is 41.2 Å². The molecule has 0 unspecified atom stereocenters. The molecule has 21 heavy (non-hydrogen) atoms. The van der Waals surface area contributed by atoms with E-state index >= 15 is 0 Å². The van der Waals surface area contributed by atoms with Gasteiger partial charge in [-0.15, -0.1) is 0 Å². The van der Waals surface area contributed by atoms with Crippen LogP contribution in [0.5, 0.6) is 0 Å². The smallest absolute Gasteiger partial charge is 0.467 e. The molecule has 2 heterocycles. The molecule has 0 bridgehead atoms. The van der Waals surface area contributed by atoms with Crippen molar-refractivity contribution >= 4 is 18.6 Å². The van der Waals surface area contributed by atoms with E-state index in [2.05, 4.69) is 5.10 Å². The van der Waals surface area contributed by atoms with E-state index in [1.54, 1.807) is 10.9 Å². The van der Waals surface area contributed by atoms with Crippen molar-refractivity contribution in [3.63, 3.8) is 0 Å². The molecule has 7 heteroatoms. The summed E-state index contributed by atoms with van der Waals surface area (Å²) in [4.78, 5) is 11.9. The number of esters is 1. The molecule has 0 radical (unpaired) electrons. The molecule has 2 aliphatic rings. The molecular formula is C14H21BN2O4. The van der Waals surface area contributed by atoms with Crippen molar-refractivity contribution in [1.82, 2.24) is 9.78 Å². The Labute approximate surface area is 124 Å².